The molecule has 2 aliphatic rings. The van der Waals surface area contributed by atoms with Crippen molar-refractivity contribution in [3.8, 4) is 0 Å². The molecule has 3 unspecified atom stereocenters. The van der Waals surface area contributed by atoms with Gasteiger partial charge >= 0.3 is 0 Å². The lowest BCUT2D eigenvalue weighted by molar-refractivity contribution is 0.0259. The number of hydrogen-bond acceptors (Lipinski definition) is 2. The molecule has 2 rings (SSSR count). The maximum atomic E-state index is 10.3. The van der Waals surface area contributed by atoms with Crippen LogP contribution in [0.5, 0.6) is 0 Å². The van der Waals surface area contributed by atoms with Crippen LogP contribution in [-0.2, 0) is 0 Å². The monoisotopic (exact) mass is 281 g/mol. The van der Waals surface area contributed by atoms with E-state index in [-0.39, 0.29) is 6.10 Å². The van der Waals surface area contributed by atoms with Gasteiger partial charge in [-0.2, -0.15) is 0 Å². The Morgan fingerprint density at radius 1 is 1.15 bits per heavy atom. The van der Waals surface area contributed by atoms with Gasteiger partial charge in [-0.15, -0.1) is 0 Å². The van der Waals surface area contributed by atoms with Crippen LogP contribution in [0.4, 0.5) is 0 Å². The third-order valence-corrected chi connectivity index (χ3v) is 5.67. The van der Waals surface area contributed by atoms with Gasteiger partial charge in [0.15, 0.2) is 0 Å². The van der Waals surface area contributed by atoms with Crippen molar-refractivity contribution in [1.29, 1.82) is 0 Å². The van der Waals surface area contributed by atoms with Crippen LogP contribution in [-0.4, -0.2) is 35.7 Å². The van der Waals surface area contributed by atoms with Crippen molar-refractivity contribution in [2.24, 2.45) is 17.3 Å². The molecule has 0 radical (unpaired) electrons. The van der Waals surface area contributed by atoms with Crippen molar-refractivity contribution in [2.45, 2.75) is 78.2 Å². The van der Waals surface area contributed by atoms with E-state index in [1.807, 2.05) is 0 Å². The van der Waals surface area contributed by atoms with Gasteiger partial charge in [0.05, 0.1) is 6.10 Å². The highest BCUT2D eigenvalue weighted by Crippen LogP contribution is 2.34. The fraction of sp³-hybridized carbons (Fsp3) is 1.00. The standard InChI is InChI=1S/C18H35NO/c1-4-6-15-7-8-17(20)16(13-15)14-19-11-5-9-18(2,3)10-12-19/h15-17,20H,4-14H2,1-3H3. The Morgan fingerprint density at radius 2 is 1.95 bits per heavy atom. The zero-order valence-corrected chi connectivity index (χ0v) is 13.9. The van der Waals surface area contributed by atoms with Crippen LogP contribution >= 0.6 is 0 Å². The van der Waals surface area contributed by atoms with E-state index in [2.05, 4.69) is 25.7 Å². The Balaban J connectivity index is 1.84. The van der Waals surface area contributed by atoms with Crippen LogP contribution in [0.15, 0.2) is 0 Å². The first-order valence-electron chi connectivity index (χ1n) is 8.90. The van der Waals surface area contributed by atoms with E-state index in [1.165, 1.54) is 58.0 Å². The fourth-order valence-corrected chi connectivity index (χ4v) is 4.20. The van der Waals surface area contributed by atoms with Gasteiger partial charge in [-0.3, -0.25) is 0 Å². The molecule has 20 heavy (non-hydrogen) atoms. The summed E-state index contributed by atoms with van der Waals surface area (Å²) in [6.07, 6.45) is 10.2. The van der Waals surface area contributed by atoms with Gasteiger partial charge in [-0.25, -0.2) is 0 Å². The average Bonchev–Trinajstić information content (AvgIpc) is 2.55. The lowest BCUT2D eigenvalue weighted by Gasteiger charge is -2.36. The number of likely N-dealkylation sites (tertiary alicyclic amines) is 1. The van der Waals surface area contributed by atoms with Crippen molar-refractivity contribution >= 4 is 0 Å². The van der Waals surface area contributed by atoms with Crippen molar-refractivity contribution in [3.05, 3.63) is 0 Å². The molecular formula is C18H35NO. The molecule has 0 aromatic carbocycles. The van der Waals surface area contributed by atoms with E-state index in [9.17, 15) is 5.11 Å². The molecular weight excluding hydrogens is 246 g/mol. The summed E-state index contributed by atoms with van der Waals surface area (Å²) in [7, 11) is 0. The number of rotatable bonds is 4. The molecule has 1 saturated carbocycles. The quantitative estimate of drug-likeness (QED) is 0.839. The van der Waals surface area contributed by atoms with Crippen molar-refractivity contribution < 1.29 is 5.11 Å². The smallest absolute Gasteiger partial charge is 0.0580 e. The van der Waals surface area contributed by atoms with E-state index in [4.69, 9.17) is 0 Å². The highest BCUT2D eigenvalue weighted by molar-refractivity contribution is 4.84. The topological polar surface area (TPSA) is 23.5 Å². The van der Waals surface area contributed by atoms with Gasteiger partial charge in [0.25, 0.3) is 0 Å². The third-order valence-electron chi connectivity index (χ3n) is 5.67. The largest absolute Gasteiger partial charge is 0.393 e. The van der Waals surface area contributed by atoms with Crippen LogP contribution in [0.3, 0.4) is 0 Å². The lowest BCUT2D eigenvalue weighted by atomic mass is 9.77. The molecule has 0 bridgehead atoms. The third kappa shape index (κ3) is 4.73. The zero-order chi connectivity index (χ0) is 14.6. The van der Waals surface area contributed by atoms with E-state index >= 15 is 0 Å². The zero-order valence-electron chi connectivity index (χ0n) is 13.9. The summed E-state index contributed by atoms with van der Waals surface area (Å²) in [6, 6.07) is 0. The molecule has 118 valence electrons. The normalized spacial score (nSPS) is 35.7. The van der Waals surface area contributed by atoms with Gasteiger partial charge in [0.1, 0.15) is 0 Å². The summed E-state index contributed by atoms with van der Waals surface area (Å²) >= 11 is 0. The molecule has 1 aliphatic carbocycles. The second-order valence-corrected chi connectivity index (χ2v) is 8.11. The summed E-state index contributed by atoms with van der Waals surface area (Å²) in [6.45, 7) is 10.7. The van der Waals surface area contributed by atoms with Crippen LogP contribution in [0.1, 0.15) is 72.1 Å². The Bertz CT molecular complexity index is 289. The van der Waals surface area contributed by atoms with Gasteiger partial charge in [0.2, 0.25) is 0 Å². The molecule has 2 nitrogen and oxygen atoms in total. The number of hydrogen-bond donors (Lipinski definition) is 1. The lowest BCUT2D eigenvalue weighted by Crippen LogP contribution is -2.39. The highest BCUT2D eigenvalue weighted by Gasteiger charge is 2.31. The molecule has 2 fully saturated rings. The van der Waals surface area contributed by atoms with Crippen LogP contribution in [0, 0.1) is 17.3 Å². The maximum Gasteiger partial charge on any atom is 0.0580 e. The first kappa shape index (κ1) is 16.3. The maximum absolute atomic E-state index is 10.3. The minimum Gasteiger partial charge on any atom is -0.393 e. The molecule has 1 saturated heterocycles. The summed E-state index contributed by atoms with van der Waals surface area (Å²) in [5, 5.41) is 10.3. The Morgan fingerprint density at radius 3 is 2.70 bits per heavy atom. The molecule has 2 heteroatoms. The first-order chi connectivity index (χ1) is 9.50. The van der Waals surface area contributed by atoms with Crippen LogP contribution in [0.2, 0.25) is 0 Å². The van der Waals surface area contributed by atoms with E-state index in [1.54, 1.807) is 0 Å². The molecule has 0 aromatic rings. The average molecular weight is 281 g/mol. The minimum absolute atomic E-state index is 0.0423. The summed E-state index contributed by atoms with van der Waals surface area (Å²) in [5.74, 6) is 1.40. The number of aliphatic hydroxyl groups is 1. The number of aliphatic hydroxyl groups excluding tert-OH is 1. The summed E-state index contributed by atoms with van der Waals surface area (Å²) in [5.41, 5.74) is 0.519. The molecule has 1 aliphatic heterocycles. The first-order valence-corrected chi connectivity index (χ1v) is 8.90. The fourth-order valence-electron chi connectivity index (χ4n) is 4.20. The van der Waals surface area contributed by atoms with E-state index < -0.39 is 0 Å². The molecule has 0 aromatic heterocycles. The van der Waals surface area contributed by atoms with Gasteiger partial charge in [-0.05, 0) is 68.9 Å². The molecule has 3 atom stereocenters. The molecule has 0 amide bonds. The van der Waals surface area contributed by atoms with Gasteiger partial charge < -0.3 is 10.0 Å². The van der Waals surface area contributed by atoms with Crippen molar-refractivity contribution in [2.75, 3.05) is 19.6 Å². The minimum atomic E-state index is -0.0423. The predicted octanol–water partition coefficient (Wildman–Crippen LogP) is 4.08. The predicted molar refractivity (Wildman–Crippen MR) is 85.8 cm³/mol. The summed E-state index contributed by atoms with van der Waals surface area (Å²) in [4.78, 5) is 2.64. The molecule has 1 heterocycles. The Hall–Kier alpha value is -0.0800. The highest BCUT2D eigenvalue weighted by atomic mass is 16.3. The van der Waals surface area contributed by atoms with Crippen LogP contribution < -0.4 is 0 Å². The van der Waals surface area contributed by atoms with Crippen molar-refractivity contribution in [3.63, 3.8) is 0 Å². The number of nitrogens with zero attached hydrogens (tertiary/aromatic N) is 1. The SMILES string of the molecule is CCCC1CCC(O)C(CN2CCCC(C)(C)CC2)C1. The Kier molecular flexibility index (Phi) is 5.92. The van der Waals surface area contributed by atoms with Gasteiger partial charge in [0, 0.05) is 6.54 Å². The van der Waals surface area contributed by atoms with E-state index in [0.29, 0.717) is 11.3 Å². The molecule has 1 N–H and O–H groups in total. The van der Waals surface area contributed by atoms with Gasteiger partial charge in [-0.1, -0.05) is 33.6 Å². The van der Waals surface area contributed by atoms with Crippen molar-refractivity contribution in [1.82, 2.24) is 4.90 Å². The van der Waals surface area contributed by atoms with Crippen LogP contribution in [0.25, 0.3) is 0 Å². The summed E-state index contributed by atoms with van der Waals surface area (Å²) < 4.78 is 0. The molecule has 0 spiro atoms. The van der Waals surface area contributed by atoms with E-state index in [0.717, 1.165) is 18.9 Å². The second kappa shape index (κ2) is 7.26. The Labute approximate surface area is 125 Å². The second-order valence-electron chi connectivity index (χ2n) is 8.11.